The lowest BCUT2D eigenvalue weighted by molar-refractivity contribution is 0.150. The molecule has 1 unspecified atom stereocenters. The molecule has 19 heavy (non-hydrogen) atoms. The summed E-state index contributed by atoms with van der Waals surface area (Å²) in [6, 6.07) is 8.03. The highest BCUT2D eigenvalue weighted by molar-refractivity contribution is 5.36. The third kappa shape index (κ3) is 2.86. The van der Waals surface area contributed by atoms with E-state index in [2.05, 4.69) is 36.9 Å². The van der Waals surface area contributed by atoms with Crippen molar-refractivity contribution in [2.75, 3.05) is 13.1 Å². The van der Waals surface area contributed by atoms with Gasteiger partial charge in [0.1, 0.15) is 0 Å². The molecule has 0 radical (unpaired) electrons. The van der Waals surface area contributed by atoms with Crippen LogP contribution in [-0.4, -0.2) is 24.0 Å². The molecular formula is C18H27N. The van der Waals surface area contributed by atoms with Crippen LogP contribution in [0.4, 0.5) is 0 Å². The quantitative estimate of drug-likeness (QED) is 0.769. The molecule has 0 N–H and O–H groups in total. The number of likely N-dealkylation sites (tertiary alicyclic amines) is 1. The minimum absolute atomic E-state index is 0.658. The second-order valence-electron chi connectivity index (χ2n) is 6.68. The van der Waals surface area contributed by atoms with Crippen LogP contribution < -0.4 is 0 Å². The normalized spacial score (nSPS) is 24.5. The van der Waals surface area contributed by atoms with Crippen LogP contribution in [0.25, 0.3) is 0 Å². The summed E-state index contributed by atoms with van der Waals surface area (Å²) in [5, 5.41) is 0. The Hall–Kier alpha value is -0.820. The van der Waals surface area contributed by atoms with Gasteiger partial charge in [-0.25, -0.2) is 0 Å². The Morgan fingerprint density at radius 3 is 2.58 bits per heavy atom. The van der Waals surface area contributed by atoms with Crippen molar-refractivity contribution >= 4 is 0 Å². The van der Waals surface area contributed by atoms with Gasteiger partial charge in [-0.15, -0.1) is 0 Å². The first-order valence-corrected chi connectivity index (χ1v) is 8.10. The molecule has 0 aromatic heterocycles. The maximum atomic E-state index is 2.75. The van der Waals surface area contributed by atoms with Crippen molar-refractivity contribution in [3.05, 3.63) is 34.9 Å². The van der Waals surface area contributed by atoms with Crippen molar-refractivity contribution in [1.82, 2.24) is 4.90 Å². The van der Waals surface area contributed by atoms with Crippen LogP contribution in [0.15, 0.2) is 18.2 Å². The Bertz CT molecular complexity index is 429. The molecule has 1 fully saturated rings. The highest BCUT2D eigenvalue weighted by Crippen LogP contribution is 2.28. The van der Waals surface area contributed by atoms with Gasteiger partial charge in [0.05, 0.1) is 0 Å². The molecule has 1 heteroatoms. The standard InChI is InChI=1S/C18H27N/c1-14(2)15-6-7-17-13-18(9-8-16(17)12-15)19-10-4-3-5-11-19/h6-7,12,14,18H,3-5,8-11,13H2,1-2H3. The van der Waals surface area contributed by atoms with Gasteiger partial charge in [0, 0.05) is 6.04 Å². The molecule has 104 valence electrons. The molecule has 1 aliphatic carbocycles. The first-order valence-electron chi connectivity index (χ1n) is 8.10. The van der Waals surface area contributed by atoms with Crippen LogP contribution in [0.2, 0.25) is 0 Å². The van der Waals surface area contributed by atoms with E-state index in [4.69, 9.17) is 0 Å². The van der Waals surface area contributed by atoms with Crippen molar-refractivity contribution in [1.29, 1.82) is 0 Å². The number of benzene rings is 1. The zero-order valence-electron chi connectivity index (χ0n) is 12.5. The molecule has 0 amide bonds. The predicted molar refractivity (Wildman–Crippen MR) is 81.8 cm³/mol. The minimum atomic E-state index is 0.658. The summed E-state index contributed by atoms with van der Waals surface area (Å²) in [7, 11) is 0. The fourth-order valence-electron chi connectivity index (χ4n) is 3.71. The van der Waals surface area contributed by atoms with E-state index >= 15 is 0 Å². The summed E-state index contributed by atoms with van der Waals surface area (Å²) in [6.45, 7) is 7.26. The molecule has 0 saturated carbocycles. The van der Waals surface area contributed by atoms with Gasteiger partial charge in [-0.2, -0.15) is 0 Å². The lowest BCUT2D eigenvalue weighted by atomic mass is 9.84. The Kier molecular flexibility index (Phi) is 3.93. The van der Waals surface area contributed by atoms with Gasteiger partial charge in [-0.05, 0) is 67.8 Å². The number of nitrogens with zero attached hydrogens (tertiary/aromatic N) is 1. The summed E-state index contributed by atoms with van der Waals surface area (Å²) < 4.78 is 0. The van der Waals surface area contributed by atoms with Crippen LogP contribution in [0.1, 0.15) is 62.1 Å². The van der Waals surface area contributed by atoms with E-state index in [1.807, 2.05) is 0 Å². The zero-order chi connectivity index (χ0) is 13.2. The number of fused-ring (bicyclic) bond motifs is 1. The van der Waals surface area contributed by atoms with Crippen LogP contribution in [-0.2, 0) is 12.8 Å². The van der Waals surface area contributed by atoms with Crippen LogP contribution >= 0.6 is 0 Å². The van der Waals surface area contributed by atoms with E-state index in [-0.39, 0.29) is 0 Å². The molecule has 1 aromatic carbocycles. The van der Waals surface area contributed by atoms with Crippen molar-refractivity contribution < 1.29 is 0 Å². The van der Waals surface area contributed by atoms with Crippen molar-refractivity contribution in [2.45, 2.75) is 64.3 Å². The summed E-state index contributed by atoms with van der Waals surface area (Å²) in [6.07, 6.45) is 8.21. The van der Waals surface area contributed by atoms with Crippen molar-refractivity contribution in [2.24, 2.45) is 0 Å². The molecule has 1 saturated heterocycles. The number of rotatable bonds is 2. The molecule has 1 heterocycles. The fraction of sp³-hybridized carbons (Fsp3) is 0.667. The van der Waals surface area contributed by atoms with E-state index in [9.17, 15) is 0 Å². The van der Waals surface area contributed by atoms with Crippen molar-refractivity contribution in [3.8, 4) is 0 Å². The van der Waals surface area contributed by atoms with Gasteiger partial charge < -0.3 is 4.90 Å². The Morgan fingerprint density at radius 1 is 1.05 bits per heavy atom. The first kappa shape index (κ1) is 13.2. The van der Waals surface area contributed by atoms with Crippen LogP contribution in [0.3, 0.4) is 0 Å². The van der Waals surface area contributed by atoms with Gasteiger partial charge in [-0.1, -0.05) is 38.5 Å². The van der Waals surface area contributed by atoms with Crippen LogP contribution in [0.5, 0.6) is 0 Å². The molecule has 2 aliphatic rings. The number of piperidine rings is 1. The molecule has 1 nitrogen and oxygen atoms in total. The van der Waals surface area contributed by atoms with Gasteiger partial charge in [0.15, 0.2) is 0 Å². The third-order valence-corrected chi connectivity index (χ3v) is 5.01. The molecule has 3 rings (SSSR count). The zero-order valence-corrected chi connectivity index (χ0v) is 12.5. The topological polar surface area (TPSA) is 3.24 Å². The molecule has 0 spiro atoms. The Balaban J connectivity index is 1.73. The third-order valence-electron chi connectivity index (χ3n) is 5.01. The maximum absolute atomic E-state index is 2.75. The highest BCUT2D eigenvalue weighted by Gasteiger charge is 2.25. The first-order chi connectivity index (χ1) is 9.24. The average Bonchev–Trinajstić information content (AvgIpc) is 2.47. The second-order valence-corrected chi connectivity index (χ2v) is 6.68. The summed E-state index contributed by atoms with van der Waals surface area (Å²) >= 11 is 0. The number of aryl methyl sites for hydroxylation is 1. The Morgan fingerprint density at radius 2 is 1.84 bits per heavy atom. The smallest absolute Gasteiger partial charge is 0.0139 e. The van der Waals surface area contributed by atoms with E-state index in [0.29, 0.717) is 5.92 Å². The monoisotopic (exact) mass is 257 g/mol. The number of hydrogen-bond donors (Lipinski definition) is 0. The summed E-state index contributed by atoms with van der Waals surface area (Å²) in [4.78, 5) is 2.75. The van der Waals surface area contributed by atoms with Gasteiger partial charge >= 0.3 is 0 Å². The average molecular weight is 257 g/mol. The maximum Gasteiger partial charge on any atom is 0.0139 e. The van der Waals surface area contributed by atoms with Gasteiger partial charge in [0.25, 0.3) is 0 Å². The summed E-state index contributed by atoms with van der Waals surface area (Å²) in [5.74, 6) is 0.658. The predicted octanol–water partition coefficient (Wildman–Crippen LogP) is 4.15. The lowest BCUT2D eigenvalue weighted by Gasteiger charge is -2.37. The molecular weight excluding hydrogens is 230 g/mol. The van der Waals surface area contributed by atoms with Gasteiger partial charge in [-0.3, -0.25) is 0 Å². The Labute approximate surface area is 118 Å². The van der Waals surface area contributed by atoms with E-state index in [0.717, 1.165) is 6.04 Å². The molecule has 1 atom stereocenters. The largest absolute Gasteiger partial charge is 0.300 e. The van der Waals surface area contributed by atoms with E-state index in [1.165, 1.54) is 57.2 Å². The van der Waals surface area contributed by atoms with Gasteiger partial charge in [0.2, 0.25) is 0 Å². The lowest BCUT2D eigenvalue weighted by Crippen LogP contribution is -2.42. The number of hydrogen-bond acceptors (Lipinski definition) is 1. The minimum Gasteiger partial charge on any atom is -0.300 e. The molecule has 0 bridgehead atoms. The fourth-order valence-corrected chi connectivity index (χ4v) is 3.71. The van der Waals surface area contributed by atoms with Crippen molar-refractivity contribution in [3.63, 3.8) is 0 Å². The second kappa shape index (κ2) is 5.66. The van der Waals surface area contributed by atoms with E-state index < -0.39 is 0 Å². The molecule has 1 aromatic rings. The summed E-state index contributed by atoms with van der Waals surface area (Å²) in [5.41, 5.74) is 4.75. The SMILES string of the molecule is CC(C)c1ccc2c(c1)CCC(N1CCCCC1)C2. The van der Waals surface area contributed by atoms with E-state index in [1.54, 1.807) is 11.1 Å². The van der Waals surface area contributed by atoms with Crippen LogP contribution in [0, 0.1) is 0 Å². The highest BCUT2D eigenvalue weighted by atomic mass is 15.2. The molecule has 1 aliphatic heterocycles.